The van der Waals surface area contributed by atoms with E-state index in [0.29, 0.717) is 15.8 Å². The van der Waals surface area contributed by atoms with Crippen molar-refractivity contribution in [3.8, 4) is 11.5 Å². The second-order valence-corrected chi connectivity index (χ2v) is 8.71. The van der Waals surface area contributed by atoms with E-state index >= 15 is 0 Å². The van der Waals surface area contributed by atoms with E-state index < -0.39 is 17.6 Å². The van der Waals surface area contributed by atoms with Gasteiger partial charge in [0.2, 0.25) is 0 Å². The Morgan fingerprint density at radius 3 is 2.59 bits per heavy atom. The predicted octanol–water partition coefficient (Wildman–Crippen LogP) is 4.51. The molecule has 0 atom stereocenters. The minimum atomic E-state index is -0.645. The van der Waals surface area contributed by atoms with Crippen molar-refractivity contribution in [2.45, 2.75) is 17.8 Å². The van der Waals surface area contributed by atoms with Crippen molar-refractivity contribution < 1.29 is 23.5 Å². The second kappa shape index (κ2) is 10.5. The van der Waals surface area contributed by atoms with Crippen molar-refractivity contribution in [3.05, 3.63) is 64.6 Å². The van der Waals surface area contributed by atoms with Crippen molar-refractivity contribution in [2.75, 3.05) is 25.8 Å². The summed E-state index contributed by atoms with van der Waals surface area (Å²) < 4.78 is 25.2. The minimum Gasteiger partial charge on any atom is -0.497 e. The lowest BCUT2D eigenvalue weighted by molar-refractivity contribution is 0.0947. The summed E-state index contributed by atoms with van der Waals surface area (Å²) in [6.45, 7) is 1.94. The van der Waals surface area contributed by atoms with E-state index in [0.717, 1.165) is 22.5 Å². The summed E-state index contributed by atoms with van der Waals surface area (Å²) in [6, 6.07) is 9.54. The number of aryl methyl sites for hydroxylation is 1. The number of ether oxygens (including phenoxy) is 2. The smallest absolute Gasteiger partial charge is 0.273 e. The van der Waals surface area contributed by atoms with Gasteiger partial charge in [0.1, 0.15) is 22.3 Å². The molecular weight excluding hydrogens is 453 g/mol. The first-order valence-corrected chi connectivity index (χ1v) is 11.5. The standard InChI is InChI=1S/C22H22FN3O4S2/c1-12-5-8-16(23)15(9-12)19(27)26-21-18(25-22(31-4)32-21)20(28)24-11-13-6-7-14(29-2)10-17(13)30-3/h5-10H,11H2,1-4H3,(H,24,28)(H,26,27). The Balaban J connectivity index is 1.79. The van der Waals surface area contributed by atoms with Gasteiger partial charge in [-0.3, -0.25) is 9.59 Å². The van der Waals surface area contributed by atoms with Gasteiger partial charge in [0.25, 0.3) is 11.8 Å². The normalized spacial score (nSPS) is 10.5. The van der Waals surface area contributed by atoms with Crippen molar-refractivity contribution in [1.29, 1.82) is 0 Å². The summed E-state index contributed by atoms with van der Waals surface area (Å²) in [4.78, 5) is 29.8. The molecule has 0 bridgehead atoms. The monoisotopic (exact) mass is 475 g/mol. The molecule has 1 heterocycles. The molecule has 2 aromatic carbocycles. The summed E-state index contributed by atoms with van der Waals surface area (Å²) in [6.07, 6.45) is 1.81. The van der Waals surface area contributed by atoms with E-state index in [2.05, 4.69) is 15.6 Å². The third kappa shape index (κ3) is 5.38. The van der Waals surface area contributed by atoms with E-state index in [-0.39, 0.29) is 22.8 Å². The molecule has 1 aromatic heterocycles. The molecule has 32 heavy (non-hydrogen) atoms. The van der Waals surface area contributed by atoms with Crippen LogP contribution in [-0.4, -0.2) is 37.3 Å². The molecule has 0 radical (unpaired) electrons. The Labute approximate surface area is 193 Å². The maximum atomic E-state index is 14.1. The highest BCUT2D eigenvalue weighted by Crippen LogP contribution is 2.31. The Morgan fingerprint density at radius 2 is 1.91 bits per heavy atom. The molecule has 0 aliphatic heterocycles. The van der Waals surface area contributed by atoms with Gasteiger partial charge < -0.3 is 20.1 Å². The van der Waals surface area contributed by atoms with Crippen LogP contribution < -0.4 is 20.1 Å². The van der Waals surface area contributed by atoms with Gasteiger partial charge >= 0.3 is 0 Å². The number of thioether (sulfide) groups is 1. The van der Waals surface area contributed by atoms with Gasteiger partial charge in [-0.1, -0.05) is 34.7 Å². The average Bonchev–Trinajstić information content (AvgIpc) is 3.21. The van der Waals surface area contributed by atoms with Gasteiger partial charge in [0, 0.05) is 18.2 Å². The maximum Gasteiger partial charge on any atom is 0.273 e. The number of benzene rings is 2. The number of amides is 2. The lowest BCUT2D eigenvalue weighted by atomic mass is 10.1. The van der Waals surface area contributed by atoms with Crippen LogP contribution in [0.5, 0.6) is 11.5 Å². The fourth-order valence-corrected chi connectivity index (χ4v) is 4.32. The molecular formula is C22H22FN3O4S2. The number of rotatable bonds is 8. The van der Waals surface area contributed by atoms with Crippen LogP contribution in [-0.2, 0) is 6.54 Å². The first-order chi connectivity index (χ1) is 15.4. The first kappa shape index (κ1) is 23.6. The average molecular weight is 476 g/mol. The Hall–Kier alpha value is -3.11. The van der Waals surface area contributed by atoms with Gasteiger partial charge in [-0.25, -0.2) is 9.37 Å². The lowest BCUT2D eigenvalue weighted by Gasteiger charge is -2.11. The number of methoxy groups -OCH3 is 2. The SMILES string of the molecule is COc1ccc(CNC(=O)c2nc(SC)sc2NC(=O)c2cc(C)ccc2F)c(OC)c1. The quantitative estimate of drug-likeness (QED) is 0.466. The fourth-order valence-electron chi connectivity index (χ4n) is 2.87. The van der Waals surface area contributed by atoms with Crippen molar-refractivity contribution in [1.82, 2.24) is 10.3 Å². The fraction of sp³-hybridized carbons (Fsp3) is 0.227. The molecule has 2 N–H and O–H groups in total. The minimum absolute atomic E-state index is 0.0632. The number of nitrogens with zero attached hydrogens (tertiary/aromatic N) is 1. The first-order valence-electron chi connectivity index (χ1n) is 9.47. The van der Waals surface area contributed by atoms with Crippen LogP contribution in [0.4, 0.5) is 9.39 Å². The van der Waals surface area contributed by atoms with E-state index in [9.17, 15) is 14.0 Å². The molecule has 0 aliphatic carbocycles. The third-order valence-electron chi connectivity index (χ3n) is 4.52. The molecule has 0 spiro atoms. The van der Waals surface area contributed by atoms with Crippen LogP contribution in [0.25, 0.3) is 0 Å². The van der Waals surface area contributed by atoms with Crippen LogP contribution in [0.3, 0.4) is 0 Å². The van der Waals surface area contributed by atoms with E-state index in [1.807, 2.05) is 6.26 Å². The largest absolute Gasteiger partial charge is 0.497 e. The number of carbonyl (C=O) groups is 2. The highest BCUT2D eigenvalue weighted by atomic mass is 32.2. The number of hydrogen-bond donors (Lipinski definition) is 2. The molecule has 10 heteroatoms. The Bertz CT molecular complexity index is 1150. The number of aromatic nitrogens is 1. The predicted molar refractivity (Wildman–Crippen MR) is 124 cm³/mol. The van der Waals surface area contributed by atoms with Crippen LogP contribution in [0.15, 0.2) is 40.7 Å². The number of thiazole rings is 1. The van der Waals surface area contributed by atoms with E-state index in [1.54, 1.807) is 38.3 Å². The van der Waals surface area contributed by atoms with Crippen LogP contribution in [0.2, 0.25) is 0 Å². The summed E-state index contributed by atoms with van der Waals surface area (Å²) in [5.74, 6) is -0.557. The van der Waals surface area contributed by atoms with Crippen LogP contribution in [0.1, 0.15) is 32.0 Å². The number of nitrogens with one attached hydrogen (secondary N) is 2. The topological polar surface area (TPSA) is 89.5 Å². The Kier molecular flexibility index (Phi) is 7.70. The molecule has 168 valence electrons. The zero-order valence-corrected chi connectivity index (χ0v) is 19.6. The van der Waals surface area contributed by atoms with E-state index in [4.69, 9.17) is 9.47 Å². The molecule has 2 amide bonds. The second-order valence-electron chi connectivity index (χ2n) is 6.66. The van der Waals surface area contributed by atoms with Gasteiger partial charge in [-0.15, -0.1) is 0 Å². The number of hydrogen-bond acceptors (Lipinski definition) is 7. The van der Waals surface area contributed by atoms with Crippen LogP contribution in [0, 0.1) is 12.7 Å². The summed E-state index contributed by atoms with van der Waals surface area (Å²) >= 11 is 2.49. The zero-order chi connectivity index (χ0) is 23.3. The highest BCUT2D eigenvalue weighted by molar-refractivity contribution is 8.00. The van der Waals surface area contributed by atoms with Gasteiger partial charge in [-0.05, 0) is 37.4 Å². The highest BCUT2D eigenvalue weighted by Gasteiger charge is 2.22. The molecule has 0 unspecified atom stereocenters. The van der Waals surface area contributed by atoms with Gasteiger partial charge in [0.05, 0.1) is 19.8 Å². The number of anilines is 1. The summed E-state index contributed by atoms with van der Waals surface area (Å²) in [7, 11) is 3.09. The number of halogens is 1. The zero-order valence-electron chi connectivity index (χ0n) is 17.9. The number of carbonyl (C=O) groups excluding carboxylic acids is 2. The third-order valence-corrected chi connectivity index (χ3v) is 6.48. The Morgan fingerprint density at radius 1 is 1.12 bits per heavy atom. The molecule has 0 saturated heterocycles. The molecule has 0 fully saturated rings. The van der Waals surface area contributed by atoms with Crippen molar-refractivity contribution >= 4 is 39.9 Å². The molecule has 7 nitrogen and oxygen atoms in total. The van der Waals surface area contributed by atoms with Crippen molar-refractivity contribution in [2.24, 2.45) is 0 Å². The summed E-state index contributed by atoms with van der Waals surface area (Å²) in [5, 5.41) is 5.67. The molecule has 3 rings (SSSR count). The summed E-state index contributed by atoms with van der Waals surface area (Å²) in [5.41, 5.74) is 1.46. The molecule has 0 aliphatic rings. The molecule has 0 saturated carbocycles. The van der Waals surface area contributed by atoms with Crippen LogP contribution >= 0.6 is 23.1 Å². The lowest BCUT2D eigenvalue weighted by Crippen LogP contribution is -2.25. The maximum absolute atomic E-state index is 14.1. The molecule has 3 aromatic rings. The van der Waals surface area contributed by atoms with E-state index in [1.165, 1.54) is 31.0 Å². The van der Waals surface area contributed by atoms with Gasteiger partial charge in [-0.2, -0.15) is 0 Å². The van der Waals surface area contributed by atoms with Gasteiger partial charge in [0.15, 0.2) is 10.0 Å². The van der Waals surface area contributed by atoms with Crippen molar-refractivity contribution in [3.63, 3.8) is 0 Å².